The van der Waals surface area contributed by atoms with E-state index in [0.717, 1.165) is 17.8 Å². The lowest BCUT2D eigenvalue weighted by atomic mass is 10.1. The summed E-state index contributed by atoms with van der Waals surface area (Å²) in [4.78, 5) is 20.0. The van der Waals surface area contributed by atoms with Crippen LogP contribution in [0.4, 0.5) is 28.0 Å². The number of halogens is 4. The summed E-state index contributed by atoms with van der Waals surface area (Å²) in [5.74, 6) is -4.64. The number of amides is 2. The molecule has 180 valence electrons. The number of nitrogens with zero attached hydrogens (tertiary/aromatic N) is 3. The molecule has 0 bridgehead atoms. The molecule has 4 rings (SSSR count). The molecule has 2 amide bonds. The second kappa shape index (κ2) is 9.24. The van der Waals surface area contributed by atoms with E-state index in [1.165, 1.54) is 11.0 Å². The third kappa shape index (κ3) is 4.63. The molecule has 1 aromatic carbocycles. The van der Waals surface area contributed by atoms with Gasteiger partial charge in [-0.25, -0.2) is 22.9 Å². The number of carbonyl (C=O) groups is 1. The molecule has 0 saturated carbocycles. The maximum atomic E-state index is 13.5. The predicted octanol–water partition coefficient (Wildman–Crippen LogP) is 4.24. The molecule has 2 aliphatic heterocycles. The highest BCUT2D eigenvalue weighted by Crippen LogP contribution is 2.33. The Morgan fingerprint density at radius 1 is 1.24 bits per heavy atom. The Balaban J connectivity index is 1.49. The molecule has 2 aromatic rings. The van der Waals surface area contributed by atoms with Crippen LogP contribution < -0.4 is 10.6 Å². The van der Waals surface area contributed by atoms with Crippen molar-refractivity contribution in [1.82, 2.24) is 20.1 Å². The van der Waals surface area contributed by atoms with Crippen molar-refractivity contribution < 1.29 is 27.1 Å². The van der Waals surface area contributed by atoms with E-state index in [9.17, 15) is 22.4 Å². The lowest BCUT2D eigenvalue weighted by Crippen LogP contribution is -2.53. The van der Waals surface area contributed by atoms with Crippen LogP contribution >= 0.6 is 0 Å². The normalized spacial score (nSPS) is 21.8. The van der Waals surface area contributed by atoms with Gasteiger partial charge < -0.3 is 25.2 Å². The molecule has 3 heterocycles. The Morgan fingerprint density at radius 3 is 2.62 bits per heavy atom. The molecule has 1 unspecified atom stereocenters. The van der Waals surface area contributed by atoms with Gasteiger partial charge in [0, 0.05) is 36.1 Å². The van der Waals surface area contributed by atoms with Gasteiger partial charge in [0.05, 0.1) is 24.5 Å². The number of ether oxygens (including phenoxy) is 1. The smallest absolute Gasteiger partial charge is 0.322 e. The molecule has 2 atom stereocenters. The molecular weight excluding hydrogens is 454 g/mol. The summed E-state index contributed by atoms with van der Waals surface area (Å²) in [6, 6.07) is 5.07. The van der Waals surface area contributed by atoms with Crippen molar-refractivity contribution >= 4 is 11.7 Å². The average Bonchev–Trinajstić information content (AvgIpc) is 3.18. The number of benzene rings is 1. The van der Waals surface area contributed by atoms with Crippen LogP contribution in [-0.2, 0) is 4.74 Å². The molecule has 2 fully saturated rings. The molecule has 0 radical (unpaired) electrons. The van der Waals surface area contributed by atoms with E-state index in [1.807, 2.05) is 13.8 Å². The minimum atomic E-state index is -1.60. The van der Waals surface area contributed by atoms with Gasteiger partial charge >= 0.3 is 6.03 Å². The number of anilines is 1. The average molecular weight is 477 g/mol. The summed E-state index contributed by atoms with van der Waals surface area (Å²) in [5, 5.41) is 5.69. The topological polar surface area (TPSA) is 69.7 Å². The van der Waals surface area contributed by atoms with Crippen molar-refractivity contribution in [2.75, 3.05) is 25.0 Å². The van der Waals surface area contributed by atoms with Crippen LogP contribution in [0.15, 0.2) is 54.2 Å². The molecular formula is C23H23F4N5O2. The van der Waals surface area contributed by atoms with Crippen LogP contribution in [0.1, 0.15) is 25.6 Å². The van der Waals surface area contributed by atoms with Gasteiger partial charge in [-0.1, -0.05) is 6.07 Å². The fourth-order valence-corrected chi connectivity index (χ4v) is 3.88. The maximum Gasteiger partial charge on any atom is 0.322 e. The number of hydrogen-bond acceptors (Lipinski definition) is 5. The number of pyridine rings is 1. The first-order valence-electron chi connectivity index (χ1n) is 10.6. The van der Waals surface area contributed by atoms with Crippen molar-refractivity contribution in [2.45, 2.75) is 26.0 Å². The molecule has 11 heteroatoms. The van der Waals surface area contributed by atoms with Crippen LogP contribution in [0.2, 0.25) is 0 Å². The third-order valence-corrected chi connectivity index (χ3v) is 5.80. The number of aromatic nitrogens is 1. The Bertz CT molecular complexity index is 1150. The largest absolute Gasteiger partial charge is 0.468 e. The van der Waals surface area contributed by atoms with Gasteiger partial charge in [0.15, 0.2) is 29.4 Å². The molecule has 1 aromatic heterocycles. The summed E-state index contributed by atoms with van der Waals surface area (Å²) in [7, 11) is 0. The Kier molecular flexibility index (Phi) is 6.36. The lowest BCUT2D eigenvalue weighted by molar-refractivity contribution is 0.161. The van der Waals surface area contributed by atoms with E-state index >= 15 is 0 Å². The van der Waals surface area contributed by atoms with Crippen molar-refractivity contribution in [3.63, 3.8) is 0 Å². The SMILES string of the molecule is C=C1OC(c2cccc(F)n2)CN1/C(C)=C1\CN(C(=O)Nc2cc(F)c(F)c(F)c2)[C@@H](C)CN1. The predicted molar refractivity (Wildman–Crippen MR) is 116 cm³/mol. The van der Waals surface area contributed by atoms with E-state index in [1.54, 1.807) is 17.0 Å². The monoisotopic (exact) mass is 477 g/mol. The molecule has 0 spiro atoms. The highest BCUT2D eigenvalue weighted by molar-refractivity contribution is 5.89. The van der Waals surface area contributed by atoms with E-state index in [2.05, 4.69) is 22.2 Å². The van der Waals surface area contributed by atoms with Crippen molar-refractivity contribution in [2.24, 2.45) is 0 Å². The Labute approximate surface area is 193 Å². The quantitative estimate of drug-likeness (QED) is 0.393. The van der Waals surface area contributed by atoms with Crippen LogP contribution in [0.3, 0.4) is 0 Å². The van der Waals surface area contributed by atoms with E-state index in [4.69, 9.17) is 4.74 Å². The Hall–Kier alpha value is -3.76. The third-order valence-electron chi connectivity index (χ3n) is 5.80. The number of carbonyl (C=O) groups excluding carboxylic acids is 1. The summed E-state index contributed by atoms with van der Waals surface area (Å²) in [5.41, 5.74) is 1.70. The Morgan fingerprint density at radius 2 is 1.94 bits per heavy atom. The van der Waals surface area contributed by atoms with Gasteiger partial charge in [-0.2, -0.15) is 4.39 Å². The highest BCUT2D eigenvalue weighted by Gasteiger charge is 2.33. The van der Waals surface area contributed by atoms with Crippen LogP contribution in [-0.4, -0.2) is 46.5 Å². The zero-order valence-electron chi connectivity index (χ0n) is 18.5. The zero-order valence-corrected chi connectivity index (χ0v) is 18.5. The van der Waals surface area contributed by atoms with Crippen LogP contribution in [0.25, 0.3) is 0 Å². The van der Waals surface area contributed by atoms with Gasteiger partial charge in [0.1, 0.15) is 0 Å². The number of allylic oxidation sites excluding steroid dienone is 1. The second-order valence-corrected chi connectivity index (χ2v) is 8.10. The second-order valence-electron chi connectivity index (χ2n) is 8.10. The van der Waals surface area contributed by atoms with Crippen molar-refractivity contribution in [3.8, 4) is 0 Å². The van der Waals surface area contributed by atoms with Crippen molar-refractivity contribution in [1.29, 1.82) is 0 Å². The molecule has 2 aliphatic rings. The fraction of sp³-hybridized carbons (Fsp3) is 0.304. The van der Waals surface area contributed by atoms with Crippen LogP contribution in [0, 0.1) is 23.4 Å². The summed E-state index contributed by atoms with van der Waals surface area (Å²) >= 11 is 0. The maximum absolute atomic E-state index is 13.5. The summed E-state index contributed by atoms with van der Waals surface area (Å²) in [6.45, 7) is 8.50. The molecule has 2 saturated heterocycles. The number of hydrogen-bond donors (Lipinski definition) is 2. The molecule has 34 heavy (non-hydrogen) atoms. The van der Waals surface area contributed by atoms with E-state index in [-0.39, 0.29) is 18.3 Å². The van der Waals surface area contributed by atoms with E-state index < -0.39 is 35.5 Å². The van der Waals surface area contributed by atoms with Gasteiger partial charge in [-0.15, -0.1) is 0 Å². The fourth-order valence-electron chi connectivity index (χ4n) is 3.88. The first kappa shape index (κ1) is 23.4. The molecule has 0 aliphatic carbocycles. The minimum Gasteiger partial charge on any atom is -0.468 e. The van der Waals surface area contributed by atoms with Gasteiger partial charge in [0.2, 0.25) is 5.95 Å². The number of rotatable bonds is 3. The van der Waals surface area contributed by atoms with Crippen LogP contribution in [0.5, 0.6) is 0 Å². The van der Waals surface area contributed by atoms with Crippen molar-refractivity contribution in [3.05, 3.63) is 83.3 Å². The first-order chi connectivity index (χ1) is 16.1. The number of urea groups is 1. The van der Waals surface area contributed by atoms with E-state index in [0.29, 0.717) is 30.4 Å². The van der Waals surface area contributed by atoms with Gasteiger partial charge in [-0.3, -0.25) is 0 Å². The van der Waals surface area contributed by atoms with Gasteiger partial charge in [0.25, 0.3) is 0 Å². The minimum absolute atomic E-state index is 0.164. The van der Waals surface area contributed by atoms with Gasteiger partial charge in [-0.05, 0) is 32.6 Å². The molecule has 7 nitrogen and oxygen atoms in total. The number of nitrogens with one attached hydrogen (secondary N) is 2. The lowest BCUT2D eigenvalue weighted by Gasteiger charge is -2.37. The summed E-state index contributed by atoms with van der Waals surface area (Å²) < 4.78 is 59.5. The first-order valence-corrected chi connectivity index (χ1v) is 10.6. The number of piperazine rings is 1. The zero-order chi connectivity index (χ0) is 24.6. The summed E-state index contributed by atoms with van der Waals surface area (Å²) in [6.07, 6.45) is -0.510. The highest BCUT2D eigenvalue weighted by atomic mass is 19.2. The standard InChI is InChI=1S/C23H23F4N5O2/c1-12-9-28-19(10-31(12)23(33)29-15-7-16(24)22(27)17(25)8-15)13(2)32-11-20(34-14(32)3)18-5-4-6-21(26)30-18/h4-8,12,20,28H,3,9-11H2,1-2H3,(H,29,33)/b19-13+/t12-,20?/m0/s1. The molecule has 2 N–H and O–H groups in total.